The molecule has 0 aliphatic rings. The van der Waals surface area contributed by atoms with Crippen molar-refractivity contribution in [3.63, 3.8) is 0 Å². The third-order valence-corrected chi connectivity index (χ3v) is 2.64. The van der Waals surface area contributed by atoms with Gasteiger partial charge in [0.2, 0.25) is 0 Å². The lowest BCUT2D eigenvalue weighted by Crippen LogP contribution is -1.80. The molecule has 0 atom stereocenters. The first kappa shape index (κ1) is 7.85. The van der Waals surface area contributed by atoms with Crippen LogP contribution in [-0.4, -0.2) is 15.2 Å². The molecule has 0 aromatic carbocycles. The van der Waals surface area contributed by atoms with E-state index in [1.165, 1.54) is 5.56 Å². The zero-order valence-electron chi connectivity index (χ0n) is 6.56. The quantitative estimate of drug-likeness (QED) is 0.769. The molecule has 0 spiro atoms. The van der Waals surface area contributed by atoms with Gasteiger partial charge in [-0.05, 0) is 41.1 Å². The SMILES string of the molecule is Cc1cc[nH]c1-c1cn[nH]c1I. The van der Waals surface area contributed by atoms with Gasteiger partial charge >= 0.3 is 0 Å². The van der Waals surface area contributed by atoms with Crippen molar-refractivity contribution in [1.29, 1.82) is 0 Å². The lowest BCUT2D eigenvalue weighted by Gasteiger charge is -1.95. The molecule has 3 nitrogen and oxygen atoms in total. The first-order chi connectivity index (χ1) is 5.79. The highest BCUT2D eigenvalue weighted by Gasteiger charge is 2.07. The maximum Gasteiger partial charge on any atom is 0.105 e. The minimum Gasteiger partial charge on any atom is -0.361 e. The van der Waals surface area contributed by atoms with E-state index in [2.05, 4.69) is 50.8 Å². The van der Waals surface area contributed by atoms with E-state index in [1.807, 2.05) is 12.4 Å². The van der Waals surface area contributed by atoms with Gasteiger partial charge in [0.05, 0.1) is 11.9 Å². The van der Waals surface area contributed by atoms with Gasteiger partial charge in [0.25, 0.3) is 0 Å². The molecule has 0 bridgehead atoms. The number of aromatic amines is 2. The summed E-state index contributed by atoms with van der Waals surface area (Å²) in [7, 11) is 0. The molecule has 2 rings (SSSR count). The van der Waals surface area contributed by atoms with Crippen molar-refractivity contribution in [2.24, 2.45) is 0 Å². The Hall–Kier alpha value is -0.780. The number of rotatable bonds is 1. The fourth-order valence-electron chi connectivity index (χ4n) is 1.18. The minimum absolute atomic E-state index is 1.07. The summed E-state index contributed by atoms with van der Waals surface area (Å²) in [6.45, 7) is 2.08. The van der Waals surface area contributed by atoms with Gasteiger partial charge in [-0.1, -0.05) is 0 Å². The second kappa shape index (κ2) is 2.93. The van der Waals surface area contributed by atoms with E-state index in [4.69, 9.17) is 0 Å². The van der Waals surface area contributed by atoms with Crippen molar-refractivity contribution in [3.05, 3.63) is 27.7 Å². The van der Waals surface area contributed by atoms with Crippen LogP contribution < -0.4 is 0 Å². The number of nitrogens with one attached hydrogen (secondary N) is 2. The smallest absolute Gasteiger partial charge is 0.105 e. The minimum atomic E-state index is 1.07. The summed E-state index contributed by atoms with van der Waals surface area (Å²) in [6.07, 6.45) is 3.77. The normalized spacial score (nSPS) is 10.5. The molecule has 0 amide bonds. The summed E-state index contributed by atoms with van der Waals surface area (Å²) in [5.41, 5.74) is 3.53. The maximum absolute atomic E-state index is 3.97. The van der Waals surface area contributed by atoms with Gasteiger partial charge in [-0.2, -0.15) is 5.10 Å². The molecule has 0 aliphatic heterocycles. The Bertz CT molecular complexity index is 350. The van der Waals surface area contributed by atoms with E-state index < -0.39 is 0 Å². The number of H-pyrrole nitrogens is 2. The fraction of sp³-hybridized carbons (Fsp3) is 0.125. The van der Waals surface area contributed by atoms with Crippen LogP contribution in [0.5, 0.6) is 0 Å². The van der Waals surface area contributed by atoms with Crippen LogP contribution in [-0.2, 0) is 0 Å². The van der Waals surface area contributed by atoms with Gasteiger partial charge in [0.15, 0.2) is 0 Å². The molecule has 2 aromatic heterocycles. The summed E-state index contributed by atoms with van der Waals surface area (Å²) in [6, 6.07) is 2.05. The molecular weight excluding hydrogens is 265 g/mol. The highest BCUT2D eigenvalue weighted by atomic mass is 127. The van der Waals surface area contributed by atoms with Crippen LogP contribution in [0.4, 0.5) is 0 Å². The van der Waals surface area contributed by atoms with Gasteiger partial charge in [-0.25, -0.2) is 0 Å². The molecule has 0 saturated heterocycles. The second-order valence-electron chi connectivity index (χ2n) is 2.63. The van der Waals surface area contributed by atoms with Gasteiger partial charge in [0.1, 0.15) is 3.70 Å². The van der Waals surface area contributed by atoms with Gasteiger partial charge < -0.3 is 4.98 Å². The average Bonchev–Trinajstić information content (AvgIpc) is 2.59. The molecule has 2 heterocycles. The molecule has 12 heavy (non-hydrogen) atoms. The van der Waals surface area contributed by atoms with Crippen LogP contribution in [0.15, 0.2) is 18.5 Å². The Balaban J connectivity index is 2.57. The third-order valence-electron chi connectivity index (χ3n) is 1.82. The number of hydrogen-bond acceptors (Lipinski definition) is 1. The van der Waals surface area contributed by atoms with Crippen molar-refractivity contribution in [2.45, 2.75) is 6.92 Å². The molecule has 0 saturated carbocycles. The van der Waals surface area contributed by atoms with Crippen LogP contribution in [0.25, 0.3) is 11.3 Å². The van der Waals surface area contributed by atoms with Gasteiger partial charge in [0, 0.05) is 11.8 Å². The van der Waals surface area contributed by atoms with E-state index >= 15 is 0 Å². The fourth-order valence-corrected chi connectivity index (χ4v) is 1.73. The highest BCUT2D eigenvalue weighted by molar-refractivity contribution is 14.1. The Morgan fingerprint density at radius 2 is 2.33 bits per heavy atom. The maximum atomic E-state index is 3.97. The molecule has 62 valence electrons. The predicted octanol–water partition coefficient (Wildman–Crippen LogP) is 2.32. The zero-order valence-corrected chi connectivity index (χ0v) is 8.71. The summed E-state index contributed by atoms with van der Waals surface area (Å²) < 4.78 is 1.07. The van der Waals surface area contributed by atoms with Crippen LogP contribution in [0.3, 0.4) is 0 Å². The van der Waals surface area contributed by atoms with Gasteiger partial charge in [-0.15, -0.1) is 0 Å². The van der Waals surface area contributed by atoms with Crippen molar-refractivity contribution >= 4 is 22.6 Å². The van der Waals surface area contributed by atoms with Crippen LogP contribution >= 0.6 is 22.6 Å². The standard InChI is InChI=1S/C8H8IN3/c1-5-2-3-10-7(5)6-4-11-12-8(6)9/h2-4,10H,1H3,(H,11,12). The van der Waals surface area contributed by atoms with E-state index in [0.717, 1.165) is 15.0 Å². The Kier molecular flexibility index (Phi) is 1.92. The molecule has 0 radical (unpaired) electrons. The lowest BCUT2D eigenvalue weighted by molar-refractivity contribution is 1.07. The van der Waals surface area contributed by atoms with Crippen molar-refractivity contribution in [3.8, 4) is 11.3 Å². The predicted molar refractivity (Wildman–Crippen MR) is 55.8 cm³/mol. The lowest BCUT2D eigenvalue weighted by atomic mass is 10.2. The van der Waals surface area contributed by atoms with Crippen molar-refractivity contribution < 1.29 is 0 Å². The number of aromatic nitrogens is 3. The summed E-state index contributed by atoms with van der Waals surface area (Å²) >= 11 is 2.24. The molecule has 0 aliphatic carbocycles. The highest BCUT2D eigenvalue weighted by Crippen LogP contribution is 2.24. The van der Waals surface area contributed by atoms with Crippen molar-refractivity contribution in [1.82, 2.24) is 15.2 Å². The monoisotopic (exact) mass is 273 g/mol. The van der Waals surface area contributed by atoms with E-state index in [-0.39, 0.29) is 0 Å². The molecule has 0 unspecified atom stereocenters. The number of hydrogen-bond donors (Lipinski definition) is 2. The second-order valence-corrected chi connectivity index (χ2v) is 3.71. The molecule has 0 fully saturated rings. The molecular formula is C8H8IN3. The topological polar surface area (TPSA) is 44.5 Å². The first-order valence-electron chi connectivity index (χ1n) is 3.62. The molecule has 2 N–H and O–H groups in total. The average molecular weight is 273 g/mol. The van der Waals surface area contributed by atoms with E-state index in [0.29, 0.717) is 0 Å². The Morgan fingerprint density at radius 1 is 1.50 bits per heavy atom. The largest absolute Gasteiger partial charge is 0.361 e. The molecule has 2 aromatic rings. The van der Waals surface area contributed by atoms with Crippen molar-refractivity contribution in [2.75, 3.05) is 0 Å². The summed E-state index contributed by atoms with van der Waals surface area (Å²) in [5.74, 6) is 0. The molecule has 4 heteroatoms. The third kappa shape index (κ3) is 1.16. The van der Waals surface area contributed by atoms with Crippen LogP contribution in [0.1, 0.15) is 5.56 Å². The number of nitrogens with zero attached hydrogens (tertiary/aromatic N) is 1. The van der Waals surface area contributed by atoms with Gasteiger partial charge in [-0.3, -0.25) is 5.10 Å². The Morgan fingerprint density at radius 3 is 2.83 bits per heavy atom. The van der Waals surface area contributed by atoms with E-state index in [1.54, 1.807) is 0 Å². The zero-order chi connectivity index (χ0) is 8.55. The Labute approximate surface area is 83.7 Å². The van der Waals surface area contributed by atoms with Crippen LogP contribution in [0, 0.1) is 10.6 Å². The first-order valence-corrected chi connectivity index (χ1v) is 4.70. The summed E-state index contributed by atoms with van der Waals surface area (Å²) in [4.78, 5) is 3.18. The number of halogens is 1. The summed E-state index contributed by atoms with van der Waals surface area (Å²) in [5, 5.41) is 6.87. The number of aryl methyl sites for hydroxylation is 1. The van der Waals surface area contributed by atoms with E-state index in [9.17, 15) is 0 Å². The van der Waals surface area contributed by atoms with Crippen LogP contribution in [0.2, 0.25) is 0 Å².